The summed E-state index contributed by atoms with van der Waals surface area (Å²) in [5.74, 6) is -0.704. The fraction of sp³-hybridized carbons (Fsp3) is 0.250. The van der Waals surface area contributed by atoms with Gasteiger partial charge in [0.1, 0.15) is 5.75 Å². The molecule has 1 aromatic heterocycles. The van der Waals surface area contributed by atoms with Crippen LogP contribution in [-0.2, 0) is 6.42 Å². The molecule has 0 aliphatic heterocycles. The number of aromatic nitrogens is 1. The van der Waals surface area contributed by atoms with Crippen LogP contribution in [0.4, 0.5) is 8.78 Å². The van der Waals surface area contributed by atoms with Crippen molar-refractivity contribution >= 4 is 0 Å². The molecule has 0 saturated carbocycles. The number of halogens is 2. The van der Waals surface area contributed by atoms with Crippen LogP contribution in [0.2, 0.25) is 0 Å². The van der Waals surface area contributed by atoms with Gasteiger partial charge in [0.25, 0.3) is 12.0 Å². The van der Waals surface area contributed by atoms with Gasteiger partial charge in [0.2, 0.25) is 0 Å². The second kappa shape index (κ2) is 3.87. The number of alkyl halides is 2. The molecule has 1 heterocycles. The molecule has 1 rings (SSSR count). The Morgan fingerprint density at radius 2 is 2.29 bits per heavy atom. The number of hydrogen-bond acceptors (Lipinski definition) is 3. The minimum atomic E-state index is -2.97. The molecule has 0 aromatic carbocycles. The van der Waals surface area contributed by atoms with Crippen LogP contribution in [0, 0.1) is 11.3 Å². The van der Waals surface area contributed by atoms with Gasteiger partial charge in [-0.1, -0.05) is 0 Å². The third kappa shape index (κ3) is 1.71. The zero-order chi connectivity index (χ0) is 10.7. The van der Waals surface area contributed by atoms with Gasteiger partial charge in [-0.2, -0.15) is 5.26 Å². The third-order valence-electron chi connectivity index (χ3n) is 1.69. The van der Waals surface area contributed by atoms with Gasteiger partial charge in [-0.05, 0) is 0 Å². The van der Waals surface area contributed by atoms with E-state index in [9.17, 15) is 13.6 Å². The average Bonchev–Trinajstić information content (AvgIpc) is 2.11. The van der Waals surface area contributed by atoms with Crippen molar-refractivity contribution in [2.75, 3.05) is 0 Å². The number of nitrogens with zero attached hydrogens (tertiary/aromatic N) is 1. The fourth-order valence-corrected chi connectivity index (χ4v) is 1.07. The van der Waals surface area contributed by atoms with E-state index in [2.05, 4.69) is 4.98 Å². The highest BCUT2D eigenvalue weighted by Crippen LogP contribution is 2.28. The first-order valence-corrected chi connectivity index (χ1v) is 3.66. The maximum Gasteiger partial charge on any atom is 0.267 e. The number of nitrogens with one attached hydrogen (secondary N) is 1. The molecule has 0 fully saturated rings. The van der Waals surface area contributed by atoms with Gasteiger partial charge in [-0.3, -0.25) is 4.79 Å². The molecule has 0 aliphatic carbocycles. The monoisotopic (exact) mass is 200 g/mol. The maximum absolute atomic E-state index is 12.4. The molecule has 2 N–H and O–H groups in total. The topological polar surface area (TPSA) is 76.9 Å². The van der Waals surface area contributed by atoms with E-state index in [0.717, 1.165) is 6.20 Å². The molecule has 0 amide bonds. The van der Waals surface area contributed by atoms with E-state index in [0.29, 0.717) is 0 Å². The zero-order valence-corrected chi connectivity index (χ0v) is 6.92. The van der Waals surface area contributed by atoms with Crippen LogP contribution in [0.15, 0.2) is 11.0 Å². The van der Waals surface area contributed by atoms with Crippen LogP contribution in [-0.4, -0.2) is 10.1 Å². The van der Waals surface area contributed by atoms with Crippen LogP contribution in [0.1, 0.15) is 17.6 Å². The van der Waals surface area contributed by atoms with Crippen LogP contribution >= 0.6 is 0 Å². The van der Waals surface area contributed by atoms with Crippen LogP contribution in [0.3, 0.4) is 0 Å². The number of hydrogen-bond donors (Lipinski definition) is 2. The van der Waals surface area contributed by atoms with Crippen molar-refractivity contribution in [1.29, 1.82) is 5.26 Å². The summed E-state index contributed by atoms with van der Waals surface area (Å²) in [4.78, 5) is 13.1. The van der Waals surface area contributed by atoms with Crippen LogP contribution in [0.5, 0.6) is 5.75 Å². The predicted molar refractivity (Wildman–Crippen MR) is 43.0 cm³/mol. The van der Waals surface area contributed by atoms with Gasteiger partial charge in [0.15, 0.2) is 0 Å². The van der Waals surface area contributed by atoms with Gasteiger partial charge < -0.3 is 10.1 Å². The first kappa shape index (κ1) is 10.2. The van der Waals surface area contributed by atoms with E-state index in [1.807, 2.05) is 0 Å². The van der Waals surface area contributed by atoms with Crippen molar-refractivity contribution in [3.63, 3.8) is 0 Å². The molecule has 0 saturated heterocycles. The van der Waals surface area contributed by atoms with Crippen LogP contribution in [0.25, 0.3) is 0 Å². The highest BCUT2D eigenvalue weighted by atomic mass is 19.3. The summed E-state index contributed by atoms with van der Waals surface area (Å²) in [6.07, 6.45) is -2.64. The normalized spacial score (nSPS) is 10.1. The number of nitriles is 1. The SMILES string of the molecule is N#CCc1c(C(F)F)c(O)c[nH]c1=O. The summed E-state index contributed by atoms with van der Waals surface area (Å²) in [6.45, 7) is 0. The Bertz CT molecular complexity index is 434. The maximum atomic E-state index is 12.4. The number of rotatable bonds is 2. The lowest BCUT2D eigenvalue weighted by Crippen LogP contribution is -2.15. The summed E-state index contributed by atoms with van der Waals surface area (Å²) in [5, 5.41) is 17.4. The van der Waals surface area contributed by atoms with Crippen molar-refractivity contribution in [1.82, 2.24) is 4.98 Å². The number of H-pyrrole nitrogens is 1. The lowest BCUT2D eigenvalue weighted by molar-refractivity contribution is 0.146. The van der Waals surface area contributed by atoms with Gasteiger partial charge in [-0.25, -0.2) is 8.78 Å². The second-order valence-electron chi connectivity index (χ2n) is 2.53. The van der Waals surface area contributed by atoms with E-state index >= 15 is 0 Å². The highest BCUT2D eigenvalue weighted by Gasteiger charge is 2.20. The van der Waals surface area contributed by atoms with Gasteiger partial charge in [0.05, 0.1) is 18.1 Å². The molecule has 0 spiro atoms. The van der Waals surface area contributed by atoms with Gasteiger partial charge in [-0.15, -0.1) is 0 Å². The van der Waals surface area contributed by atoms with Gasteiger partial charge >= 0.3 is 0 Å². The zero-order valence-electron chi connectivity index (χ0n) is 6.92. The molecular formula is C8H6F2N2O2. The highest BCUT2D eigenvalue weighted by molar-refractivity contribution is 5.38. The van der Waals surface area contributed by atoms with Crippen molar-refractivity contribution in [2.24, 2.45) is 0 Å². The van der Waals surface area contributed by atoms with Gasteiger partial charge in [0, 0.05) is 11.8 Å². The van der Waals surface area contributed by atoms with E-state index in [-0.39, 0.29) is 5.56 Å². The molecule has 0 bridgehead atoms. The lowest BCUT2D eigenvalue weighted by Gasteiger charge is -2.06. The molecule has 0 unspecified atom stereocenters. The van der Waals surface area contributed by atoms with Crippen molar-refractivity contribution in [2.45, 2.75) is 12.8 Å². The van der Waals surface area contributed by atoms with E-state index in [4.69, 9.17) is 10.4 Å². The van der Waals surface area contributed by atoms with Crippen molar-refractivity contribution in [3.8, 4) is 11.8 Å². The third-order valence-corrected chi connectivity index (χ3v) is 1.69. The summed E-state index contributed by atoms with van der Waals surface area (Å²) in [5.41, 5.74) is -1.93. The first-order chi connectivity index (χ1) is 6.57. The molecule has 4 nitrogen and oxygen atoms in total. The number of aromatic hydroxyl groups is 1. The molecule has 14 heavy (non-hydrogen) atoms. The predicted octanol–water partition coefficient (Wildman–Crippen LogP) is 1.08. The molecule has 0 radical (unpaired) electrons. The quantitative estimate of drug-likeness (QED) is 0.749. The van der Waals surface area contributed by atoms with E-state index < -0.39 is 29.7 Å². The summed E-state index contributed by atoms with van der Waals surface area (Å²) < 4.78 is 24.7. The Morgan fingerprint density at radius 1 is 1.64 bits per heavy atom. The molecule has 1 aromatic rings. The molecule has 0 atom stereocenters. The summed E-state index contributed by atoms with van der Waals surface area (Å²) in [6, 6.07) is 1.58. The lowest BCUT2D eigenvalue weighted by atomic mass is 10.1. The molecule has 0 aliphatic rings. The van der Waals surface area contributed by atoms with Crippen molar-refractivity contribution in [3.05, 3.63) is 27.7 Å². The largest absolute Gasteiger partial charge is 0.506 e. The Labute approximate surface area is 77.4 Å². The molecule has 74 valence electrons. The Balaban J connectivity index is 3.43. The Hall–Kier alpha value is -1.90. The smallest absolute Gasteiger partial charge is 0.267 e. The second-order valence-corrected chi connectivity index (χ2v) is 2.53. The molecular weight excluding hydrogens is 194 g/mol. The Kier molecular flexibility index (Phi) is 2.82. The minimum absolute atomic E-state index is 0.387. The van der Waals surface area contributed by atoms with Crippen molar-refractivity contribution < 1.29 is 13.9 Å². The number of aromatic amines is 1. The standard InChI is InChI=1S/C8H6F2N2O2/c9-7(10)6-4(1-2-11)8(14)12-3-5(6)13/h3,7,13H,1H2,(H,12,14). The first-order valence-electron chi connectivity index (χ1n) is 3.66. The van der Waals surface area contributed by atoms with E-state index in [1.165, 1.54) is 0 Å². The molecule has 6 heteroatoms. The summed E-state index contributed by atoms with van der Waals surface area (Å²) in [7, 11) is 0. The number of pyridine rings is 1. The minimum Gasteiger partial charge on any atom is -0.506 e. The Morgan fingerprint density at radius 3 is 2.79 bits per heavy atom. The fourth-order valence-electron chi connectivity index (χ4n) is 1.07. The van der Waals surface area contributed by atoms with Crippen LogP contribution < -0.4 is 5.56 Å². The summed E-state index contributed by atoms with van der Waals surface area (Å²) >= 11 is 0. The van der Waals surface area contributed by atoms with E-state index in [1.54, 1.807) is 6.07 Å². The average molecular weight is 200 g/mol.